The van der Waals surface area contributed by atoms with Crippen LogP contribution in [0, 0.1) is 0 Å². The molecule has 1 aromatic heterocycles. The van der Waals surface area contributed by atoms with Gasteiger partial charge in [0.15, 0.2) is 0 Å². The van der Waals surface area contributed by atoms with Crippen molar-refractivity contribution in [3.63, 3.8) is 0 Å². The second-order valence-corrected chi connectivity index (χ2v) is 3.74. The summed E-state index contributed by atoms with van der Waals surface area (Å²) in [5.74, 6) is 0.544. The van der Waals surface area contributed by atoms with Crippen LogP contribution in [-0.4, -0.2) is 11.6 Å². The van der Waals surface area contributed by atoms with Gasteiger partial charge in [-0.3, -0.25) is 0 Å². The maximum atomic E-state index is 5.87. The lowest BCUT2D eigenvalue weighted by Gasteiger charge is -2.07. The molecule has 3 nitrogen and oxygen atoms in total. The molecule has 1 heterocycles. The first-order valence-electron chi connectivity index (χ1n) is 4.50. The molecular weight excluding hydrogens is 235 g/mol. The summed E-state index contributed by atoms with van der Waals surface area (Å²) in [6.07, 6.45) is 3.58. The molecule has 0 radical (unpaired) electrons. The van der Waals surface area contributed by atoms with Crippen LogP contribution in [0.4, 0.5) is 5.82 Å². The second-order valence-electron chi connectivity index (χ2n) is 2.92. The van der Waals surface area contributed by atoms with Crippen LogP contribution in [0.15, 0.2) is 18.7 Å². The topological polar surface area (TPSA) is 48.1 Å². The Bertz CT molecular complexity index is 356. The molecule has 1 rings (SSSR count). The van der Waals surface area contributed by atoms with Gasteiger partial charge in [0.2, 0.25) is 5.88 Å². The van der Waals surface area contributed by atoms with Gasteiger partial charge in [-0.1, -0.05) is 29.3 Å². The summed E-state index contributed by atoms with van der Waals surface area (Å²) in [5, 5.41) is 0.700. The molecule has 0 spiro atoms. The van der Waals surface area contributed by atoms with Crippen molar-refractivity contribution in [2.45, 2.75) is 12.8 Å². The first-order chi connectivity index (χ1) is 7.15. The first kappa shape index (κ1) is 12.1. The zero-order valence-corrected chi connectivity index (χ0v) is 9.68. The fourth-order valence-electron chi connectivity index (χ4n) is 0.961. The zero-order chi connectivity index (χ0) is 11.3. The number of nitrogens with two attached hydrogens (primary N) is 1. The number of hydrogen-bond donors (Lipinski definition) is 1. The molecule has 0 aliphatic heterocycles. The predicted octanol–water partition coefficient (Wildman–Crippen LogP) is 3.32. The highest BCUT2D eigenvalue weighted by Gasteiger charge is 2.07. The quantitative estimate of drug-likeness (QED) is 0.641. The molecule has 5 heteroatoms. The van der Waals surface area contributed by atoms with Gasteiger partial charge in [0, 0.05) is 0 Å². The van der Waals surface area contributed by atoms with Crippen molar-refractivity contribution < 1.29 is 4.74 Å². The predicted molar refractivity (Wildman–Crippen MR) is 63.6 cm³/mol. The number of ether oxygens (including phenoxy) is 1. The van der Waals surface area contributed by atoms with Crippen molar-refractivity contribution in [1.29, 1.82) is 0 Å². The van der Waals surface area contributed by atoms with Crippen LogP contribution in [-0.2, 0) is 0 Å². The number of nitrogens with zero attached hydrogens (tertiary/aromatic N) is 1. The lowest BCUT2D eigenvalue weighted by atomic mass is 10.3. The number of anilines is 1. The Balaban J connectivity index is 2.61. The molecule has 15 heavy (non-hydrogen) atoms. The Morgan fingerprint density at radius 3 is 2.87 bits per heavy atom. The van der Waals surface area contributed by atoms with E-state index in [0.29, 0.717) is 22.5 Å². The van der Waals surface area contributed by atoms with E-state index in [-0.39, 0.29) is 5.82 Å². The van der Waals surface area contributed by atoms with Gasteiger partial charge in [-0.05, 0) is 18.9 Å². The van der Waals surface area contributed by atoms with E-state index in [1.165, 1.54) is 6.07 Å². The fraction of sp³-hybridized carbons (Fsp3) is 0.300. The van der Waals surface area contributed by atoms with Gasteiger partial charge in [0.25, 0.3) is 0 Å². The summed E-state index contributed by atoms with van der Waals surface area (Å²) in [7, 11) is 0. The summed E-state index contributed by atoms with van der Waals surface area (Å²) >= 11 is 11.6. The molecule has 0 aliphatic rings. The van der Waals surface area contributed by atoms with Crippen molar-refractivity contribution in [3.8, 4) is 5.88 Å². The van der Waals surface area contributed by atoms with Gasteiger partial charge in [0.1, 0.15) is 10.8 Å². The van der Waals surface area contributed by atoms with Gasteiger partial charge in [-0.15, -0.1) is 6.58 Å². The monoisotopic (exact) mass is 246 g/mol. The maximum Gasteiger partial charge on any atom is 0.234 e. The molecule has 0 atom stereocenters. The first-order valence-corrected chi connectivity index (χ1v) is 5.26. The summed E-state index contributed by atoms with van der Waals surface area (Å²) < 4.78 is 5.35. The fourth-order valence-corrected chi connectivity index (χ4v) is 1.37. The molecule has 0 saturated carbocycles. The molecular formula is C10H12Cl2N2O. The molecule has 0 aliphatic carbocycles. The third kappa shape index (κ3) is 3.61. The number of unbranched alkanes of at least 4 members (excludes halogenated alkanes) is 1. The Morgan fingerprint density at radius 1 is 1.47 bits per heavy atom. The van der Waals surface area contributed by atoms with Gasteiger partial charge in [-0.25, -0.2) is 0 Å². The number of pyridine rings is 1. The standard InChI is InChI=1S/C10H12Cl2N2O/c1-2-3-4-5-15-10-8(12)6-7(11)9(13)14-10/h2,6H,1,3-5H2,(H2,13,14). The SMILES string of the molecule is C=CCCCOc1nc(N)c(Cl)cc1Cl. The third-order valence-corrected chi connectivity index (χ3v) is 2.29. The number of hydrogen-bond acceptors (Lipinski definition) is 3. The van der Waals surface area contributed by atoms with Crippen molar-refractivity contribution in [2.75, 3.05) is 12.3 Å². The lowest BCUT2D eigenvalue weighted by Crippen LogP contribution is -2.01. The largest absolute Gasteiger partial charge is 0.477 e. The number of allylic oxidation sites excluding steroid dienone is 1. The molecule has 0 amide bonds. The summed E-state index contributed by atoms with van der Waals surface area (Å²) in [6.45, 7) is 4.14. The van der Waals surface area contributed by atoms with Crippen LogP contribution in [0.3, 0.4) is 0 Å². The van der Waals surface area contributed by atoms with Crippen molar-refractivity contribution in [1.82, 2.24) is 4.98 Å². The third-order valence-electron chi connectivity index (χ3n) is 1.72. The zero-order valence-electron chi connectivity index (χ0n) is 8.17. The van der Waals surface area contributed by atoms with E-state index < -0.39 is 0 Å². The van der Waals surface area contributed by atoms with Crippen LogP contribution in [0.25, 0.3) is 0 Å². The van der Waals surface area contributed by atoms with E-state index in [1.54, 1.807) is 0 Å². The molecule has 1 aromatic rings. The van der Waals surface area contributed by atoms with E-state index in [0.717, 1.165) is 12.8 Å². The van der Waals surface area contributed by atoms with Crippen LogP contribution < -0.4 is 10.5 Å². The van der Waals surface area contributed by atoms with Crippen LogP contribution in [0.2, 0.25) is 10.0 Å². The number of halogens is 2. The Kier molecular flexibility index (Phi) is 4.72. The van der Waals surface area contributed by atoms with Gasteiger partial charge in [-0.2, -0.15) is 4.98 Å². The number of aromatic nitrogens is 1. The van der Waals surface area contributed by atoms with Crippen LogP contribution in [0.1, 0.15) is 12.8 Å². The number of rotatable bonds is 5. The van der Waals surface area contributed by atoms with E-state index in [9.17, 15) is 0 Å². The van der Waals surface area contributed by atoms with Crippen LogP contribution >= 0.6 is 23.2 Å². The molecule has 82 valence electrons. The van der Waals surface area contributed by atoms with E-state index in [1.807, 2.05) is 6.08 Å². The van der Waals surface area contributed by atoms with Crippen molar-refractivity contribution in [2.24, 2.45) is 0 Å². The highest BCUT2D eigenvalue weighted by Crippen LogP contribution is 2.28. The molecule has 2 N–H and O–H groups in total. The highest BCUT2D eigenvalue weighted by atomic mass is 35.5. The van der Waals surface area contributed by atoms with E-state index in [4.69, 9.17) is 33.7 Å². The molecule has 0 aromatic carbocycles. The molecule has 0 bridgehead atoms. The minimum atomic E-state index is 0.222. The Morgan fingerprint density at radius 2 is 2.20 bits per heavy atom. The van der Waals surface area contributed by atoms with E-state index >= 15 is 0 Å². The smallest absolute Gasteiger partial charge is 0.234 e. The summed E-state index contributed by atoms with van der Waals surface area (Å²) in [4.78, 5) is 3.94. The molecule has 0 fully saturated rings. The highest BCUT2D eigenvalue weighted by molar-refractivity contribution is 6.36. The number of nitrogen functional groups attached to an aromatic ring is 1. The maximum absolute atomic E-state index is 5.87. The average Bonchev–Trinajstić information content (AvgIpc) is 2.20. The minimum absolute atomic E-state index is 0.222. The average molecular weight is 247 g/mol. The second kappa shape index (κ2) is 5.83. The molecule has 0 unspecified atom stereocenters. The van der Waals surface area contributed by atoms with Gasteiger partial charge >= 0.3 is 0 Å². The van der Waals surface area contributed by atoms with Gasteiger partial charge in [0.05, 0.1) is 11.6 Å². The van der Waals surface area contributed by atoms with E-state index in [2.05, 4.69) is 11.6 Å². The molecule has 0 saturated heterocycles. The van der Waals surface area contributed by atoms with Crippen molar-refractivity contribution in [3.05, 3.63) is 28.8 Å². The lowest BCUT2D eigenvalue weighted by molar-refractivity contribution is 0.301. The normalized spacial score (nSPS) is 10.0. The van der Waals surface area contributed by atoms with Crippen LogP contribution in [0.5, 0.6) is 5.88 Å². The Labute approximate surface area is 98.8 Å². The van der Waals surface area contributed by atoms with Crippen molar-refractivity contribution >= 4 is 29.0 Å². The Hall–Kier alpha value is -0.930. The summed E-state index contributed by atoms with van der Waals surface area (Å²) in [6, 6.07) is 1.52. The summed E-state index contributed by atoms with van der Waals surface area (Å²) in [5.41, 5.74) is 5.52. The van der Waals surface area contributed by atoms with Gasteiger partial charge < -0.3 is 10.5 Å². The minimum Gasteiger partial charge on any atom is -0.477 e.